The monoisotopic (exact) mass is 428 g/mol. The van der Waals surface area contributed by atoms with Gasteiger partial charge in [0.25, 0.3) is 0 Å². The van der Waals surface area contributed by atoms with E-state index in [-0.39, 0.29) is 5.82 Å². The minimum atomic E-state index is -1.06. The fourth-order valence-corrected chi connectivity index (χ4v) is 3.84. The molecule has 0 fully saturated rings. The predicted molar refractivity (Wildman–Crippen MR) is 115 cm³/mol. The molecule has 3 aromatic carbocycles. The summed E-state index contributed by atoms with van der Waals surface area (Å²) >= 11 is 7.71. The number of carboxylic acid groups (broad SMARTS) is 1. The third-order valence-electron chi connectivity index (χ3n) is 4.04. The summed E-state index contributed by atoms with van der Waals surface area (Å²) in [4.78, 5) is 11.5. The first-order chi connectivity index (χ1) is 14.0. The maximum absolute atomic E-state index is 14.4. The lowest BCUT2D eigenvalue weighted by atomic mass is 9.97. The summed E-state index contributed by atoms with van der Waals surface area (Å²) < 4.78 is 19.5. The fourth-order valence-electron chi connectivity index (χ4n) is 2.73. The van der Waals surface area contributed by atoms with Crippen molar-refractivity contribution in [2.24, 2.45) is 0 Å². The Hall–Kier alpha value is -2.76. The van der Waals surface area contributed by atoms with Gasteiger partial charge in [-0.3, -0.25) is 0 Å². The van der Waals surface area contributed by atoms with Crippen LogP contribution in [0.2, 0.25) is 5.02 Å². The first-order valence-electron chi connectivity index (χ1n) is 8.82. The number of benzene rings is 3. The van der Waals surface area contributed by atoms with Crippen molar-refractivity contribution in [2.45, 2.75) is 4.90 Å². The van der Waals surface area contributed by atoms with E-state index in [4.69, 9.17) is 21.4 Å². The first-order valence-corrected chi connectivity index (χ1v) is 10.2. The van der Waals surface area contributed by atoms with Crippen molar-refractivity contribution in [1.82, 2.24) is 0 Å². The first kappa shape index (κ1) is 21.0. The normalized spacial score (nSPS) is 11.3. The molecule has 0 unspecified atom stereocenters. The van der Waals surface area contributed by atoms with Crippen LogP contribution in [-0.2, 0) is 4.79 Å². The van der Waals surface area contributed by atoms with Crippen molar-refractivity contribution in [3.63, 3.8) is 0 Å². The number of aliphatic carboxylic acids is 1. The number of ether oxygens (including phenoxy) is 1. The molecule has 148 valence electrons. The Morgan fingerprint density at radius 2 is 1.79 bits per heavy atom. The van der Waals surface area contributed by atoms with Gasteiger partial charge in [0.2, 0.25) is 0 Å². The molecular formula is C23H18ClFO3S. The Bertz CT molecular complexity index is 1020. The molecule has 0 saturated heterocycles. The summed E-state index contributed by atoms with van der Waals surface area (Å²) in [5.41, 5.74) is 2.31. The number of halogens is 2. The molecule has 0 saturated carbocycles. The van der Waals surface area contributed by atoms with Crippen LogP contribution in [0.3, 0.4) is 0 Å². The van der Waals surface area contributed by atoms with Gasteiger partial charge in [0, 0.05) is 16.2 Å². The summed E-state index contributed by atoms with van der Waals surface area (Å²) in [7, 11) is 0. The quantitative estimate of drug-likeness (QED) is 0.436. The molecule has 0 atom stereocenters. The van der Waals surface area contributed by atoms with E-state index >= 15 is 0 Å². The molecule has 0 bridgehead atoms. The molecule has 3 nitrogen and oxygen atoms in total. The molecule has 0 amide bonds. The summed E-state index contributed by atoms with van der Waals surface area (Å²) in [6.45, 7) is -0.446. The molecule has 0 aromatic heterocycles. The second-order valence-corrected chi connectivity index (χ2v) is 7.55. The lowest BCUT2D eigenvalue weighted by molar-refractivity contribution is -0.139. The van der Waals surface area contributed by atoms with E-state index in [1.54, 1.807) is 24.3 Å². The van der Waals surface area contributed by atoms with Gasteiger partial charge in [-0.1, -0.05) is 66.2 Å². The van der Waals surface area contributed by atoms with E-state index in [1.165, 1.54) is 17.8 Å². The van der Waals surface area contributed by atoms with Gasteiger partial charge in [0.1, 0.15) is 11.6 Å². The van der Waals surface area contributed by atoms with Gasteiger partial charge in [-0.15, -0.1) is 11.8 Å². The van der Waals surface area contributed by atoms with E-state index in [1.807, 2.05) is 48.5 Å². The van der Waals surface area contributed by atoms with Crippen LogP contribution in [-0.4, -0.2) is 23.4 Å². The van der Waals surface area contributed by atoms with Crippen LogP contribution in [0.25, 0.3) is 5.57 Å². The average molecular weight is 429 g/mol. The molecule has 0 aliphatic carbocycles. The van der Waals surface area contributed by atoms with E-state index in [9.17, 15) is 9.18 Å². The third kappa shape index (κ3) is 5.86. The molecule has 0 spiro atoms. The lowest BCUT2D eigenvalue weighted by Crippen LogP contribution is -2.09. The maximum atomic E-state index is 14.4. The van der Waals surface area contributed by atoms with E-state index in [0.29, 0.717) is 22.1 Å². The average Bonchev–Trinajstić information content (AvgIpc) is 2.72. The van der Waals surface area contributed by atoms with Crippen LogP contribution in [0.5, 0.6) is 5.75 Å². The van der Waals surface area contributed by atoms with E-state index in [2.05, 4.69) is 0 Å². The zero-order valence-electron chi connectivity index (χ0n) is 15.3. The predicted octanol–water partition coefficient (Wildman–Crippen LogP) is 6.17. The van der Waals surface area contributed by atoms with Crippen molar-refractivity contribution >= 4 is 34.9 Å². The van der Waals surface area contributed by atoms with Gasteiger partial charge in [0.05, 0.1) is 5.02 Å². The molecule has 3 aromatic rings. The van der Waals surface area contributed by atoms with Crippen molar-refractivity contribution in [1.29, 1.82) is 0 Å². The van der Waals surface area contributed by atoms with Gasteiger partial charge < -0.3 is 9.84 Å². The Morgan fingerprint density at radius 3 is 2.48 bits per heavy atom. The number of rotatable bonds is 8. The second kappa shape index (κ2) is 10.1. The number of carboxylic acids is 1. The van der Waals surface area contributed by atoms with Crippen molar-refractivity contribution < 1.29 is 19.0 Å². The Morgan fingerprint density at radius 1 is 1.07 bits per heavy atom. The van der Waals surface area contributed by atoms with Crippen LogP contribution in [0.4, 0.5) is 4.39 Å². The van der Waals surface area contributed by atoms with Crippen LogP contribution >= 0.6 is 23.4 Å². The largest absolute Gasteiger partial charge is 0.480 e. The molecule has 6 heteroatoms. The van der Waals surface area contributed by atoms with Gasteiger partial charge >= 0.3 is 5.97 Å². The van der Waals surface area contributed by atoms with Crippen molar-refractivity contribution in [3.8, 4) is 5.75 Å². The lowest BCUT2D eigenvalue weighted by Gasteiger charge is -2.10. The van der Waals surface area contributed by atoms with Crippen LogP contribution in [0.1, 0.15) is 11.1 Å². The van der Waals surface area contributed by atoms with Gasteiger partial charge in [-0.2, -0.15) is 0 Å². The molecule has 0 aliphatic rings. The Balaban J connectivity index is 1.78. The number of hydrogen-bond acceptors (Lipinski definition) is 3. The van der Waals surface area contributed by atoms with Crippen molar-refractivity contribution in [2.75, 3.05) is 12.4 Å². The third-order valence-corrected chi connectivity index (χ3v) is 5.26. The zero-order valence-corrected chi connectivity index (χ0v) is 16.9. The summed E-state index contributed by atoms with van der Waals surface area (Å²) in [6.07, 6.45) is 1.99. The number of hydrogen-bond donors (Lipinski definition) is 1. The zero-order chi connectivity index (χ0) is 20.6. The molecule has 0 aliphatic heterocycles. The smallest absolute Gasteiger partial charge is 0.341 e. The van der Waals surface area contributed by atoms with Crippen LogP contribution < -0.4 is 4.74 Å². The highest BCUT2D eigenvalue weighted by Crippen LogP contribution is 2.31. The molecule has 1 N–H and O–H groups in total. The summed E-state index contributed by atoms with van der Waals surface area (Å²) in [6, 6.07) is 21.6. The van der Waals surface area contributed by atoms with Gasteiger partial charge in [-0.25, -0.2) is 9.18 Å². The number of carbonyl (C=O) groups is 1. The van der Waals surface area contributed by atoms with Crippen LogP contribution in [0.15, 0.2) is 83.8 Å². The molecule has 0 heterocycles. The Kier molecular flexibility index (Phi) is 7.33. The SMILES string of the molecule is O=C(O)COc1ccc(SC/C=C(/c2ccccc2)c2ccccc2F)cc1Cl. The molecule has 29 heavy (non-hydrogen) atoms. The Labute approximate surface area is 177 Å². The van der Waals surface area contributed by atoms with Gasteiger partial charge in [-0.05, 0) is 35.4 Å². The standard InChI is InChI=1S/C23H18ClFO3S/c24-20-14-17(10-11-22(20)28-15-23(26)27)29-13-12-18(16-6-2-1-3-7-16)19-8-4-5-9-21(19)25/h1-12,14H,13,15H2,(H,26,27)/b18-12-. The molecule has 3 rings (SSSR count). The maximum Gasteiger partial charge on any atom is 0.341 e. The molecular weight excluding hydrogens is 411 g/mol. The second-order valence-electron chi connectivity index (χ2n) is 6.05. The highest BCUT2D eigenvalue weighted by Gasteiger charge is 2.10. The fraction of sp³-hybridized carbons (Fsp3) is 0.0870. The summed E-state index contributed by atoms with van der Waals surface area (Å²) in [5.74, 6) is -0.406. The minimum Gasteiger partial charge on any atom is -0.480 e. The molecule has 0 radical (unpaired) electrons. The highest BCUT2D eigenvalue weighted by atomic mass is 35.5. The minimum absolute atomic E-state index is 0.268. The highest BCUT2D eigenvalue weighted by molar-refractivity contribution is 7.99. The summed E-state index contributed by atoms with van der Waals surface area (Å²) in [5, 5.41) is 9.04. The van der Waals surface area contributed by atoms with Crippen molar-refractivity contribution in [3.05, 3.63) is 101 Å². The van der Waals surface area contributed by atoms with E-state index < -0.39 is 12.6 Å². The van der Waals surface area contributed by atoms with Crippen LogP contribution in [0, 0.1) is 5.82 Å². The van der Waals surface area contributed by atoms with E-state index in [0.717, 1.165) is 16.0 Å². The topological polar surface area (TPSA) is 46.5 Å². The number of thioether (sulfide) groups is 1. The van der Waals surface area contributed by atoms with Gasteiger partial charge in [0.15, 0.2) is 6.61 Å².